The molecule has 0 radical (unpaired) electrons. The molecule has 0 unspecified atom stereocenters. The maximum Gasteiger partial charge on any atom is 0.170 e. The molecule has 0 amide bonds. The van der Waals surface area contributed by atoms with Gasteiger partial charge in [0.15, 0.2) is 5.11 Å². The maximum absolute atomic E-state index is 9.16. The number of aromatic nitrogens is 2. The first kappa shape index (κ1) is 15.0. The van der Waals surface area contributed by atoms with E-state index in [0.717, 1.165) is 17.4 Å². The molecule has 22 heavy (non-hydrogen) atoms. The molecule has 5 nitrogen and oxygen atoms in total. The summed E-state index contributed by atoms with van der Waals surface area (Å²) >= 11 is 5.52. The average Bonchev–Trinajstić information content (AvgIpc) is 3.09. The molecule has 2 aromatic rings. The Kier molecular flexibility index (Phi) is 4.40. The Morgan fingerprint density at radius 3 is 2.82 bits per heavy atom. The smallest absolute Gasteiger partial charge is 0.170 e. The Labute approximate surface area is 135 Å². The van der Waals surface area contributed by atoms with Crippen molar-refractivity contribution in [2.24, 2.45) is 7.05 Å². The second kappa shape index (κ2) is 6.46. The van der Waals surface area contributed by atoms with Gasteiger partial charge in [-0.15, -0.1) is 0 Å². The fourth-order valence-electron chi connectivity index (χ4n) is 2.99. The third-order valence-corrected chi connectivity index (χ3v) is 4.39. The molecule has 3 rings (SSSR count). The SMILES string of the molecule is Cn1cccc1[C@H]1[C@H](c2ccccn2)NC(=S)N1CCCO. The quantitative estimate of drug-likeness (QED) is 0.824. The highest BCUT2D eigenvalue weighted by molar-refractivity contribution is 7.80. The fourth-order valence-corrected chi connectivity index (χ4v) is 3.32. The van der Waals surface area contributed by atoms with Gasteiger partial charge in [0.05, 0.1) is 17.8 Å². The van der Waals surface area contributed by atoms with E-state index in [2.05, 4.69) is 25.8 Å². The minimum absolute atomic E-state index is 0.0148. The molecule has 3 heterocycles. The molecule has 2 aromatic heterocycles. The van der Waals surface area contributed by atoms with Crippen molar-refractivity contribution in [2.75, 3.05) is 13.2 Å². The van der Waals surface area contributed by atoms with Crippen LogP contribution in [-0.4, -0.2) is 37.8 Å². The zero-order valence-corrected chi connectivity index (χ0v) is 13.3. The lowest BCUT2D eigenvalue weighted by Gasteiger charge is -2.28. The molecular weight excluding hydrogens is 296 g/mol. The van der Waals surface area contributed by atoms with Crippen LogP contribution in [0.2, 0.25) is 0 Å². The van der Waals surface area contributed by atoms with Crippen molar-refractivity contribution >= 4 is 17.3 Å². The van der Waals surface area contributed by atoms with E-state index in [9.17, 15) is 0 Å². The van der Waals surface area contributed by atoms with Gasteiger partial charge in [-0.1, -0.05) is 6.07 Å². The van der Waals surface area contributed by atoms with Crippen LogP contribution in [0.5, 0.6) is 0 Å². The van der Waals surface area contributed by atoms with Crippen molar-refractivity contribution in [3.63, 3.8) is 0 Å². The largest absolute Gasteiger partial charge is 0.396 e. The lowest BCUT2D eigenvalue weighted by atomic mass is 10.0. The highest BCUT2D eigenvalue weighted by Gasteiger charge is 2.40. The van der Waals surface area contributed by atoms with Crippen molar-refractivity contribution < 1.29 is 5.11 Å². The van der Waals surface area contributed by atoms with Crippen LogP contribution in [0.3, 0.4) is 0 Å². The van der Waals surface area contributed by atoms with E-state index in [1.165, 1.54) is 5.69 Å². The van der Waals surface area contributed by atoms with Gasteiger partial charge < -0.3 is 19.9 Å². The molecule has 6 heteroatoms. The maximum atomic E-state index is 9.16. The summed E-state index contributed by atoms with van der Waals surface area (Å²) in [6.07, 6.45) is 4.53. The second-order valence-electron chi connectivity index (χ2n) is 5.44. The first-order valence-corrected chi connectivity index (χ1v) is 7.83. The number of nitrogens with one attached hydrogen (secondary N) is 1. The summed E-state index contributed by atoms with van der Waals surface area (Å²) in [5, 5.41) is 13.3. The lowest BCUT2D eigenvalue weighted by Crippen LogP contribution is -2.31. The van der Waals surface area contributed by atoms with Crippen LogP contribution in [0.4, 0.5) is 0 Å². The minimum Gasteiger partial charge on any atom is -0.396 e. The van der Waals surface area contributed by atoms with E-state index in [4.69, 9.17) is 17.3 Å². The van der Waals surface area contributed by atoms with Gasteiger partial charge in [-0.25, -0.2) is 0 Å². The number of thiocarbonyl (C=S) groups is 1. The van der Waals surface area contributed by atoms with Crippen molar-refractivity contribution in [2.45, 2.75) is 18.5 Å². The lowest BCUT2D eigenvalue weighted by molar-refractivity contribution is 0.244. The Bertz CT molecular complexity index is 643. The Morgan fingerprint density at radius 2 is 2.18 bits per heavy atom. The monoisotopic (exact) mass is 316 g/mol. The highest BCUT2D eigenvalue weighted by Crippen LogP contribution is 2.38. The summed E-state index contributed by atoms with van der Waals surface area (Å²) in [5.74, 6) is 0. The third kappa shape index (κ3) is 2.71. The molecule has 2 N–H and O–H groups in total. The molecule has 1 saturated heterocycles. The third-order valence-electron chi connectivity index (χ3n) is 4.04. The Balaban J connectivity index is 1.99. The molecule has 0 aromatic carbocycles. The number of rotatable bonds is 5. The molecule has 0 bridgehead atoms. The van der Waals surface area contributed by atoms with E-state index in [1.54, 1.807) is 6.20 Å². The van der Waals surface area contributed by atoms with Gasteiger partial charge in [0.1, 0.15) is 0 Å². The normalized spacial score (nSPS) is 21.2. The predicted molar refractivity (Wildman–Crippen MR) is 89.3 cm³/mol. The van der Waals surface area contributed by atoms with Crippen molar-refractivity contribution in [1.29, 1.82) is 0 Å². The molecule has 1 fully saturated rings. The summed E-state index contributed by atoms with van der Waals surface area (Å²) < 4.78 is 2.11. The van der Waals surface area contributed by atoms with Crippen LogP contribution in [0.25, 0.3) is 0 Å². The van der Waals surface area contributed by atoms with Crippen LogP contribution in [0, 0.1) is 0 Å². The second-order valence-corrected chi connectivity index (χ2v) is 5.83. The van der Waals surface area contributed by atoms with Crippen molar-refractivity contribution in [3.05, 3.63) is 54.1 Å². The fraction of sp³-hybridized carbons (Fsp3) is 0.375. The highest BCUT2D eigenvalue weighted by atomic mass is 32.1. The number of hydrogen-bond acceptors (Lipinski definition) is 3. The zero-order valence-electron chi connectivity index (χ0n) is 12.5. The van der Waals surface area contributed by atoms with Crippen LogP contribution in [-0.2, 0) is 7.05 Å². The van der Waals surface area contributed by atoms with Gasteiger partial charge in [0.25, 0.3) is 0 Å². The summed E-state index contributed by atoms with van der Waals surface area (Å²) in [6, 6.07) is 10.2. The zero-order chi connectivity index (χ0) is 15.5. The summed E-state index contributed by atoms with van der Waals surface area (Å²) in [4.78, 5) is 6.65. The van der Waals surface area contributed by atoms with Crippen molar-refractivity contribution in [1.82, 2.24) is 19.8 Å². The van der Waals surface area contributed by atoms with Crippen LogP contribution in [0.15, 0.2) is 42.7 Å². The van der Waals surface area contributed by atoms with Gasteiger partial charge in [-0.05, 0) is 42.9 Å². The van der Waals surface area contributed by atoms with Gasteiger partial charge in [-0.2, -0.15) is 0 Å². The number of hydrogen-bond donors (Lipinski definition) is 2. The average molecular weight is 316 g/mol. The van der Waals surface area contributed by atoms with Crippen LogP contribution < -0.4 is 5.32 Å². The molecule has 0 aliphatic carbocycles. The number of aliphatic hydroxyl groups is 1. The number of aryl methyl sites for hydroxylation is 1. The van der Waals surface area contributed by atoms with Crippen LogP contribution in [0.1, 0.15) is 29.9 Å². The first-order valence-electron chi connectivity index (χ1n) is 7.42. The first-order chi connectivity index (χ1) is 10.7. The van der Waals surface area contributed by atoms with Gasteiger partial charge in [0, 0.05) is 38.3 Å². The number of pyridine rings is 1. The topological polar surface area (TPSA) is 53.3 Å². The number of nitrogens with zero attached hydrogens (tertiary/aromatic N) is 3. The van der Waals surface area contributed by atoms with Gasteiger partial charge in [0.2, 0.25) is 0 Å². The van der Waals surface area contributed by atoms with E-state index in [1.807, 2.05) is 37.5 Å². The summed E-state index contributed by atoms with van der Waals surface area (Å²) in [6.45, 7) is 0.884. The minimum atomic E-state index is 0.0148. The molecule has 0 spiro atoms. The van der Waals surface area contributed by atoms with Gasteiger partial charge in [-0.3, -0.25) is 4.98 Å². The summed E-state index contributed by atoms with van der Waals surface area (Å²) in [5.41, 5.74) is 2.16. The molecule has 116 valence electrons. The Hall–Kier alpha value is -1.92. The molecular formula is C16H20N4OS. The number of aliphatic hydroxyl groups excluding tert-OH is 1. The van der Waals surface area contributed by atoms with Gasteiger partial charge >= 0.3 is 0 Å². The Morgan fingerprint density at radius 1 is 1.32 bits per heavy atom. The van der Waals surface area contributed by atoms with E-state index in [0.29, 0.717) is 6.42 Å². The molecule has 1 aliphatic heterocycles. The van der Waals surface area contributed by atoms with E-state index in [-0.39, 0.29) is 18.7 Å². The predicted octanol–water partition coefficient (Wildman–Crippen LogP) is 1.77. The molecule has 2 atom stereocenters. The van der Waals surface area contributed by atoms with E-state index < -0.39 is 0 Å². The van der Waals surface area contributed by atoms with Crippen LogP contribution >= 0.6 is 12.2 Å². The molecule has 1 aliphatic rings. The van der Waals surface area contributed by atoms with Crippen molar-refractivity contribution in [3.8, 4) is 0 Å². The molecule has 0 saturated carbocycles. The standard InChI is InChI=1S/C16H20N4OS/c1-19-9-4-7-13(19)15-14(12-6-2-3-8-17-12)18-16(22)20(15)10-5-11-21/h2-4,6-9,14-15,21H,5,10-11H2,1H3,(H,18,22)/t14-,15-/m0/s1. The summed E-state index contributed by atoms with van der Waals surface area (Å²) in [7, 11) is 2.04. The van der Waals surface area contributed by atoms with E-state index >= 15 is 0 Å².